The van der Waals surface area contributed by atoms with Gasteiger partial charge in [-0.2, -0.15) is 0 Å². The third kappa shape index (κ3) is 3.66. The molecular weight excluding hydrogens is 404 g/mol. The molecule has 0 N–H and O–H groups in total. The zero-order valence-electron chi connectivity index (χ0n) is 16.6. The predicted molar refractivity (Wildman–Crippen MR) is 111 cm³/mol. The van der Waals surface area contributed by atoms with E-state index >= 15 is 0 Å². The van der Waals surface area contributed by atoms with Crippen molar-refractivity contribution in [3.63, 3.8) is 0 Å². The van der Waals surface area contributed by atoms with E-state index in [1.807, 2.05) is 46.7 Å². The van der Waals surface area contributed by atoms with Crippen molar-refractivity contribution < 1.29 is 18.7 Å². The molecule has 0 bridgehead atoms. The second-order valence-corrected chi connectivity index (χ2v) is 8.27. The van der Waals surface area contributed by atoms with E-state index in [1.165, 1.54) is 0 Å². The summed E-state index contributed by atoms with van der Waals surface area (Å²) in [5, 5.41) is 10.4. The summed E-state index contributed by atoms with van der Waals surface area (Å²) in [4.78, 5) is 18.0. The second kappa shape index (κ2) is 8.08. The van der Waals surface area contributed by atoms with Crippen molar-refractivity contribution in [2.75, 3.05) is 32.8 Å². The minimum absolute atomic E-state index is 0.00962. The van der Waals surface area contributed by atoms with Crippen LogP contribution in [0, 0.1) is 0 Å². The van der Waals surface area contributed by atoms with E-state index in [4.69, 9.17) is 13.9 Å². The lowest BCUT2D eigenvalue weighted by molar-refractivity contribution is -0.143. The van der Waals surface area contributed by atoms with Gasteiger partial charge in [0.05, 0.1) is 10.9 Å². The van der Waals surface area contributed by atoms with Crippen LogP contribution in [0.25, 0.3) is 10.8 Å². The number of ether oxygens (including phenoxy) is 2. The van der Waals surface area contributed by atoms with Gasteiger partial charge in [0.1, 0.15) is 6.61 Å². The zero-order valence-corrected chi connectivity index (χ0v) is 17.4. The van der Waals surface area contributed by atoms with Gasteiger partial charge in [-0.15, -0.1) is 21.5 Å². The normalized spacial score (nSPS) is 20.2. The Labute approximate surface area is 178 Å². The van der Waals surface area contributed by atoms with Gasteiger partial charge in [-0.05, 0) is 30.5 Å². The monoisotopic (exact) mass is 426 g/mol. The van der Waals surface area contributed by atoms with Crippen LogP contribution >= 0.6 is 11.3 Å². The number of fused-ring (bicyclic) bond motifs is 1. The third-order valence-corrected chi connectivity index (χ3v) is 6.35. The summed E-state index contributed by atoms with van der Waals surface area (Å²) in [6.07, 6.45) is -0.604. The van der Waals surface area contributed by atoms with Crippen LogP contribution in [0.1, 0.15) is 18.9 Å². The zero-order chi connectivity index (χ0) is 20.5. The fourth-order valence-corrected chi connectivity index (χ4v) is 4.38. The van der Waals surface area contributed by atoms with Crippen molar-refractivity contribution in [3.05, 3.63) is 47.7 Å². The van der Waals surface area contributed by atoms with Crippen LogP contribution in [0.15, 0.2) is 46.2 Å². The molecule has 9 heteroatoms. The highest BCUT2D eigenvalue weighted by atomic mass is 32.1. The molecule has 0 spiro atoms. The van der Waals surface area contributed by atoms with Gasteiger partial charge in [-0.3, -0.25) is 9.69 Å². The maximum atomic E-state index is 12.9. The Morgan fingerprint density at radius 1 is 1.10 bits per heavy atom. The lowest BCUT2D eigenvalue weighted by Crippen LogP contribution is -2.54. The van der Waals surface area contributed by atoms with E-state index in [0.29, 0.717) is 36.4 Å². The topological polar surface area (TPSA) is 80.9 Å². The minimum atomic E-state index is -0.604. The van der Waals surface area contributed by atoms with E-state index in [0.717, 1.165) is 18.0 Å². The fraction of sp³-hybridized carbons (Fsp3) is 0.381. The Kier molecular flexibility index (Phi) is 5.14. The minimum Gasteiger partial charge on any atom is -0.485 e. The molecule has 3 aromatic rings. The number of aromatic nitrogens is 2. The molecule has 1 fully saturated rings. The lowest BCUT2D eigenvalue weighted by Gasteiger charge is -2.38. The largest absolute Gasteiger partial charge is 0.485 e. The molecule has 1 saturated heterocycles. The van der Waals surface area contributed by atoms with Gasteiger partial charge in [-0.1, -0.05) is 18.2 Å². The van der Waals surface area contributed by atoms with Crippen molar-refractivity contribution in [3.8, 4) is 22.3 Å². The maximum Gasteiger partial charge on any atom is 0.267 e. The van der Waals surface area contributed by atoms with Gasteiger partial charge >= 0.3 is 0 Å². The van der Waals surface area contributed by atoms with Gasteiger partial charge in [0.2, 0.25) is 12.0 Å². The van der Waals surface area contributed by atoms with Crippen LogP contribution in [-0.4, -0.2) is 64.8 Å². The highest BCUT2D eigenvalue weighted by Gasteiger charge is 2.34. The summed E-state index contributed by atoms with van der Waals surface area (Å²) < 4.78 is 17.4. The van der Waals surface area contributed by atoms with Crippen molar-refractivity contribution in [2.24, 2.45) is 0 Å². The fourth-order valence-electron chi connectivity index (χ4n) is 3.73. The van der Waals surface area contributed by atoms with Crippen LogP contribution in [-0.2, 0) is 4.79 Å². The Hall–Kier alpha value is -2.91. The number of carbonyl (C=O) groups is 1. The first-order valence-corrected chi connectivity index (χ1v) is 10.9. The number of rotatable bonds is 4. The molecule has 0 radical (unpaired) electrons. The Morgan fingerprint density at radius 2 is 1.90 bits per heavy atom. The van der Waals surface area contributed by atoms with E-state index in [1.54, 1.807) is 11.3 Å². The summed E-state index contributed by atoms with van der Waals surface area (Å²) in [5.74, 6) is 2.41. The SMILES string of the molecule is C[C@@H](c1nnc(-c2cccs2)o1)N1CCN(C(=O)[C@@H]2COc3ccccc3O2)CC1. The van der Waals surface area contributed by atoms with Gasteiger partial charge < -0.3 is 18.8 Å². The number of para-hydroxylation sites is 2. The van der Waals surface area contributed by atoms with Crippen molar-refractivity contribution in [2.45, 2.75) is 19.1 Å². The van der Waals surface area contributed by atoms with Gasteiger partial charge in [0.15, 0.2) is 11.5 Å². The van der Waals surface area contributed by atoms with Crippen molar-refractivity contribution in [1.29, 1.82) is 0 Å². The molecule has 5 rings (SSSR count). The molecule has 2 atom stereocenters. The third-order valence-electron chi connectivity index (χ3n) is 5.49. The summed E-state index contributed by atoms with van der Waals surface area (Å²) in [7, 11) is 0. The van der Waals surface area contributed by atoms with E-state index in [-0.39, 0.29) is 18.6 Å². The Balaban J connectivity index is 1.18. The van der Waals surface area contributed by atoms with E-state index in [9.17, 15) is 4.79 Å². The first-order valence-electron chi connectivity index (χ1n) is 9.97. The van der Waals surface area contributed by atoms with Crippen molar-refractivity contribution >= 4 is 17.2 Å². The van der Waals surface area contributed by atoms with Gasteiger partial charge in [0.25, 0.3) is 11.8 Å². The number of hydrogen-bond acceptors (Lipinski definition) is 8. The summed E-state index contributed by atoms with van der Waals surface area (Å²) in [6.45, 7) is 4.99. The van der Waals surface area contributed by atoms with E-state index < -0.39 is 6.10 Å². The summed E-state index contributed by atoms with van der Waals surface area (Å²) in [5.41, 5.74) is 0. The molecule has 0 aliphatic carbocycles. The number of carbonyl (C=O) groups excluding carboxylic acids is 1. The molecule has 2 aromatic heterocycles. The number of thiophene rings is 1. The molecule has 2 aliphatic rings. The highest BCUT2D eigenvalue weighted by Crippen LogP contribution is 2.32. The summed E-state index contributed by atoms with van der Waals surface area (Å²) >= 11 is 1.57. The maximum absolute atomic E-state index is 12.9. The van der Waals surface area contributed by atoms with Crippen LogP contribution in [0.2, 0.25) is 0 Å². The number of amides is 1. The van der Waals surface area contributed by atoms with E-state index in [2.05, 4.69) is 22.0 Å². The van der Waals surface area contributed by atoms with Crippen LogP contribution in [0.3, 0.4) is 0 Å². The van der Waals surface area contributed by atoms with Crippen LogP contribution in [0.4, 0.5) is 0 Å². The second-order valence-electron chi connectivity index (χ2n) is 7.32. The molecule has 8 nitrogen and oxygen atoms in total. The summed E-state index contributed by atoms with van der Waals surface area (Å²) in [6, 6.07) is 11.3. The predicted octanol–water partition coefficient (Wildman–Crippen LogP) is 2.84. The molecule has 156 valence electrons. The lowest BCUT2D eigenvalue weighted by atomic mass is 10.2. The Morgan fingerprint density at radius 3 is 2.67 bits per heavy atom. The molecule has 30 heavy (non-hydrogen) atoms. The highest BCUT2D eigenvalue weighted by molar-refractivity contribution is 7.13. The van der Waals surface area contributed by atoms with Gasteiger partial charge in [-0.25, -0.2) is 0 Å². The first kappa shape index (κ1) is 19.1. The molecule has 2 aliphatic heterocycles. The number of piperazine rings is 1. The number of hydrogen-bond donors (Lipinski definition) is 0. The average molecular weight is 426 g/mol. The quantitative estimate of drug-likeness (QED) is 0.635. The Bertz CT molecular complexity index is 1010. The molecular formula is C21H22N4O4S. The van der Waals surface area contributed by atoms with Crippen LogP contribution in [0.5, 0.6) is 11.5 Å². The standard InChI is InChI=1S/C21H22N4O4S/c1-14(19-22-23-20(29-19)18-7-4-12-30-18)24-8-10-25(11-9-24)21(26)17-13-27-15-5-2-3-6-16(15)28-17/h2-7,12,14,17H,8-11,13H2,1H3/t14-,17-/m0/s1. The molecule has 0 saturated carbocycles. The average Bonchev–Trinajstić information content (AvgIpc) is 3.50. The van der Waals surface area contributed by atoms with Crippen LogP contribution < -0.4 is 9.47 Å². The molecule has 4 heterocycles. The molecule has 1 amide bonds. The molecule has 1 aromatic carbocycles. The van der Waals surface area contributed by atoms with Crippen molar-refractivity contribution in [1.82, 2.24) is 20.0 Å². The smallest absolute Gasteiger partial charge is 0.267 e. The first-order chi connectivity index (χ1) is 14.7. The number of benzene rings is 1. The number of nitrogens with zero attached hydrogens (tertiary/aromatic N) is 4. The van der Waals surface area contributed by atoms with Gasteiger partial charge in [0, 0.05) is 26.2 Å². The molecule has 0 unspecified atom stereocenters.